The van der Waals surface area contributed by atoms with Gasteiger partial charge in [-0.15, -0.1) is 0 Å². The number of aromatic nitrogens is 2. The van der Waals surface area contributed by atoms with Crippen molar-refractivity contribution in [3.8, 4) is 0 Å². The van der Waals surface area contributed by atoms with Gasteiger partial charge in [0.25, 0.3) is 0 Å². The van der Waals surface area contributed by atoms with Crippen molar-refractivity contribution >= 4 is 0 Å². The Morgan fingerprint density at radius 2 is 2.11 bits per heavy atom. The van der Waals surface area contributed by atoms with Gasteiger partial charge in [-0.2, -0.15) is 0 Å². The molecule has 0 radical (unpaired) electrons. The molecule has 1 aromatic heterocycles. The maximum absolute atomic E-state index is 4.77. The lowest BCUT2D eigenvalue weighted by Crippen LogP contribution is -2.32. The SMILES string of the molecule is CC1CCn2c(cnc2C2CCCN2C(C)C)C1. The van der Waals surface area contributed by atoms with Crippen LogP contribution in [0.5, 0.6) is 0 Å². The second-order valence-corrected chi connectivity index (χ2v) is 6.35. The Morgan fingerprint density at radius 3 is 2.89 bits per heavy atom. The number of hydrogen-bond acceptors (Lipinski definition) is 2. The Kier molecular flexibility index (Phi) is 3.18. The van der Waals surface area contributed by atoms with Crippen molar-refractivity contribution in [2.45, 2.75) is 65.1 Å². The number of fused-ring (bicyclic) bond motifs is 1. The molecule has 2 atom stereocenters. The first-order chi connectivity index (χ1) is 8.66. The van der Waals surface area contributed by atoms with Crippen molar-refractivity contribution < 1.29 is 0 Å². The van der Waals surface area contributed by atoms with E-state index in [4.69, 9.17) is 4.98 Å². The molecule has 0 amide bonds. The number of imidazole rings is 1. The minimum absolute atomic E-state index is 0.562. The van der Waals surface area contributed by atoms with E-state index in [1.807, 2.05) is 0 Å². The summed E-state index contributed by atoms with van der Waals surface area (Å²) in [5.41, 5.74) is 1.46. The highest BCUT2D eigenvalue weighted by Gasteiger charge is 2.32. The van der Waals surface area contributed by atoms with Crippen LogP contribution in [0.2, 0.25) is 0 Å². The van der Waals surface area contributed by atoms with Gasteiger partial charge in [-0.1, -0.05) is 6.92 Å². The molecular formula is C15H25N3. The van der Waals surface area contributed by atoms with Crippen LogP contribution in [0.15, 0.2) is 6.20 Å². The Balaban J connectivity index is 1.89. The lowest BCUT2D eigenvalue weighted by atomic mass is 9.98. The highest BCUT2D eigenvalue weighted by molar-refractivity contribution is 5.13. The standard InChI is InChI=1S/C15H25N3/c1-11(2)17-7-4-5-14(17)15-16-10-13-9-12(3)6-8-18(13)15/h10-12,14H,4-9H2,1-3H3. The highest BCUT2D eigenvalue weighted by Crippen LogP contribution is 2.34. The van der Waals surface area contributed by atoms with Crippen LogP contribution in [0.1, 0.15) is 57.6 Å². The largest absolute Gasteiger partial charge is 0.331 e. The van der Waals surface area contributed by atoms with Gasteiger partial charge in [0, 0.05) is 24.5 Å². The third kappa shape index (κ3) is 1.99. The van der Waals surface area contributed by atoms with Crippen LogP contribution in [0.3, 0.4) is 0 Å². The van der Waals surface area contributed by atoms with Crippen molar-refractivity contribution in [3.05, 3.63) is 17.7 Å². The van der Waals surface area contributed by atoms with Gasteiger partial charge in [-0.3, -0.25) is 4.90 Å². The topological polar surface area (TPSA) is 21.1 Å². The Labute approximate surface area is 110 Å². The van der Waals surface area contributed by atoms with Crippen LogP contribution in [0.4, 0.5) is 0 Å². The summed E-state index contributed by atoms with van der Waals surface area (Å²) in [4.78, 5) is 7.39. The molecule has 0 aromatic carbocycles. The van der Waals surface area contributed by atoms with Gasteiger partial charge < -0.3 is 4.57 Å². The zero-order chi connectivity index (χ0) is 12.7. The lowest BCUT2D eigenvalue weighted by molar-refractivity contribution is 0.192. The third-order valence-corrected chi connectivity index (χ3v) is 4.63. The van der Waals surface area contributed by atoms with Gasteiger partial charge in [-0.25, -0.2) is 4.98 Å². The molecule has 100 valence electrons. The van der Waals surface area contributed by atoms with Crippen molar-refractivity contribution in [1.82, 2.24) is 14.5 Å². The van der Waals surface area contributed by atoms with E-state index in [0.717, 1.165) is 5.92 Å². The number of nitrogens with zero attached hydrogens (tertiary/aromatic N) is 3. The molecule has 3 nitrogen and oxygen atoms in total. The van der Waals surface area contributed by atoms with E-state index in [9.17, 15) is 0 Å². The summed E-state index contributed by atoms with van der Waals surface area (Å²) in [7, 11) is 0. The first-order valence-electron chi connectivity index (χ1n) is 7.47. The minimum Gasteiger partial charge on any atom is -0.331 e. The van der Waals surface area contributed by atoms with E-state index in [0.29, 0.717) is 12.1 Å². The van der Waals surface area contributed by atoms with E-state index in [-0.39, 0.29) is 0 Å². The maximum Gasteiger partial charge on any atom is 0.126 e. The maximum atomic E-state index is 4.77. The second kappa shape index (κ2) is 4.69. The summed E-state index contributed by atoms with van der Waals surface area (Å²) in [6.45, 7) is 9.38. The average Bonchev–Trinajstić information content (AvgIpc) is 2.92. The minimum atomic E-state index is 0.562. The van der Waals surface area contributed by atoms with Gasteiger partial charge in [0.1, 0.15) is 5.82 Å². The van der Waals surface area contributed by atoms with Crippen LogP contribution in [-0.4, -0.2) is 27.0 Å². The number of likely N-dealkylation sites (tertiary alicyclic amines) is 1. The van der Waals surface area contributed by atoms with Crippen LogP contribution >= 0.6 is 0 Å². The molecule has 1 saturated heterocycles. The summed E-state index contributed by atoms with van der Waals surface area (Å²) < 4.78 is 2.51. The monoisotopic (exact) mass is 247 g/mol. The molecule has 0 N–H and O–H groups in total. The first kappa shape index (κ1) is 12.2. The lowest BCUT2D eigenvalue weighted by Gasteiger charge is -2.30. The van der Waals surface area contributed by atoms with Crippen molar-refractivity contribution in [2.24, 2.45) is 5.92 Å². The average molecular weight is 247 g/mol. The number of hydrogen-bond donors (Lipinski definition) is 0. The first-order valence-corrected chi connectivity index (χ1v) is 7.47. The van der Waals surface area contributed by atoms with Crippen molar-refractivity contribution in [3.63, 3.8) is 0 Å². The van der Waals surface area contributed by atoms with E-state index < -0.39 is 0 Å². The fraction of sp³-hybridized carbons (Fsp3) is 0.800. The van der Waals surface area contributed by atoms with Gasteiger partial charge in [0.2, 0.25) is 0 Å². The number of rotatable bonds is 2. The van der Waals surface area contributed by atoms with Gasteiger partial charge in [0.05, 0.1) is 6.04 Å². The van der Waals surface area contributed by atoms with Crippen LogP contribution in [0.25, 0.3) is 0 Å². The predicted octanol–water partition coefficient (Wildman–Crippen LogP) is 3.01. The molecule has 3 heteroatoms. The molecule has 1 aromatic rings. The van der Waals surface area contributed by atoms with E-state index >= 15 is 0 Å². The Morgan fingerprint density at radius 1 is 1.28 bits per heavy atom. The van der Waals surface area contributed by atoms with Crippen LogP contribution in [0, 0.1) is 5.92 Å². The second-order valence-electron chi connectivity index (χ2n) is 6.35. The van der Waals surface area contributed by atoms with Crippen molar-refractivity contribution in [2.75, 3.05) is 6.54 Å². The van der Waals surface area contributed by atoms with Crippen LogP contribution < -0.4 is 0 Å². The van der Waals surface area contributed by atoms with E-state index in [2.05, 4.69) is 36.4 Å². The fourth-order valence-electron chi connectivity index (χ4n) is 3.61. The van der Waals surface area contributed by atoms with Gasteiger partial charge in [0.15, 0.2) is 0 Å². The molecule has 3 rings (SSSR count). The normalized spacial score (nSPS) is 28.9. The molecule has 2 unspecified atom stereocenters. The molecule has 0 saturated carbocycles. The molecule has 0 bridgehead atoms. The molecule has 2 aliphatic rings. The summed E-state index contributed by atoms with van der Waals surface area (Å²) >= 11 is 0. The molecule has 3 heterocycles. The molecule has 2 aliphatic heterocycles. The van der Waals surface area contributed by atoms with Gasteiger partial charge in [-0.05, 0) is 52.0 Å². The fourth-order valence-corrected chi connectivity index (χ4v) is 3.61. The molecule has 1 fully saturated rings. The van der Waals surface area contributed by atoms with Crippen molar-refractivity contribution in [1.29, 1.82) is 0 Å². The Bertz CT molecular complexity index is 421. The smallest absolute Gasteiger partial charge is 0.126 e. The van der Waals surface area contributed by atoms with E-state index in [1.54, 1.807) is 0 Å². The van der Waals surface area contributed by atoms with Gasteiger partial charge >= 0.3 is 0 Å². The Hall–Kier alpha value is -0.830. The summed E-state index contributed by atoms with van der Waals surface area (Å²) in [6, 6.07) is 1.19. The summed E-state index contributed by atoms with van der Waals surface area (Å²) in [5, 5.41) is 0. The van der Waals surface area contributed by atoms with Crippen LogP contribution in [-0.2, 0) is 13.0 Å². The predicted molar refractivity (Wildman–Crippen MR) is 73.5 cm³/mol. The third-order valence-electron chi connectivity index (χ3n) is 4.63. The summed E-state index contributed by atoms with van der Waals surface area (Å²) in [6.07, 6.45) is 7.25. The zero-order valence-corrected chi connectivity index (χ0v) is 11.9. The molecule has 18 heavy (non-hydrogen) atoms. The van der Waals surface area contributed by atoms with E-state index in [1.165, 1.54) is 50.3 Å². The summed E-state index contributed by atoms with van der Waals surface area (Å²) in [5.74, 6) is 2.16. The quantitative estimate of drug-likeness (QED) is 0.801. The molecule has 0 aliphatic carbocycles. The molecule has 0 spiro atoms. The highest BCUT2D eigenvalue weighted by atomic mass is 15.2. The zero-order valence-electron chi connectivity index (χ0n) is 11.9. The molecular weight excluding hydrogens is 222 g/mol.